The molecule has 1 N–H and O–H groups in total. The minimum atomic E-state index is -0.123. The summed E-state index contributed by atoms with van der Waals surface area (Å²) in [7, 11) is 1.82. The highest BCUT2D eigenvalue weighted by Crippen LogP contribution is 2.17. The van der Waals surface area contributed by atoms with Crippen molar-refractivity contribution in [1.82, 2.24) is 19.8 Å². The Morgan fingerprint density at radius 3 is 3.16 bits per heavy atom. The monoisotopic (exact) mass is 263 g/mol. The number of anilines is 1. The normalized spacial score (nSPS) is 19.4. The number of carbonyl (C=O) groups is 1. The van der Waals surface area contributed by atoms with E-state index in [1.165, 1.54) is 19.2 Å². The molecule has 2 rings (SSSR count). The second-order valence-electron chi connectivity index (χ2n) is 4.83. The molecular formula is C13H21N5O. The maximum Gasteiger partial charge on any atom is 0.322 e. The molecule has 1 aromatic rings. The number of likely N-dealkylation sites (N-methyl/N-ethyl adjacent to an activating group) is 2. The van der Waals surface area contributed by atoms with Crippen molar-refractivity contribution in [3.8, 4) is 0 Å². The van der Waals surface area contributed by atoms with Gasteiger partial charge in [0.1, 0.15) is 12.1 Å². The second kappa shape index (κ2) is 6.47. The van der Waals surface area contributed by atoms with Crippen LogP contribution in [0.5, 0.6) is 0 Å². The van der Waals surface area contributed by atoms with E-state index in [-0.39, 0.29) is 6.03 Å². The zero-order valence-electron chi connectivity index (χ0n) is 11.5. The lowest BCUT2D eigenvalue weighted by atomic mass is 10.2. The molecule has 1 aliphatic rings. The van der Waals surface area contributed by atoms with E-state index < -0.39 is 0 Å². The van der Waals surface area contributed by atoms with Crippen LogP contribution < -0.4 is 5.32 Å². The van der Waals surface area contributed by atoms with E-state index in [1.54, 1.807) is 17.2 Å². The number of likely N-dealkylation sites (tertiary alicyclic amines) is 1. The Morgan fingerprint density at radius 1 is 1.63 bits per heavy atom. The highest BCUT2D eigenvalue weighted by Gasteiger charge is 2.25. The summed E-state index contributed by atoms with van der Waals surface area (Å²) in [6.07, 6.45) is 5.42. The quantitative estimate of drug-likeness (QED) is 0.892. The standard InChI is InChI=1S/C13H21N5O/c1-3-18-8-4-5-11(18)9-17(2)13(19)16-12-6-7-14-10-15-12/h6-7,10-11H,3-5,8-9H2,1-2H3,(H,14,15,16,19). The van der Waals surface area contributed by atoms with E-state index in [1.807, 2.05) is 7.05 Å². The number of hydrogen-bond donors (Lipinski definition) is 1. The minimum Gasteiger partial charge on any atom is -0.326 e. The molecule has 2 amide bonds. The van der Waals surface area contributed by atoms with Gasteiger partial charge in [-0.05, 0) is 32.0 Å². The third-order valence-electron chi connectivity index (χ3n) is 3.55. The van der Waals surface area contributed by atoms with Crippen molar-refractivity contribution >= 4 is 11.8 Å². The molecule has 104 valence electrons. The van der Waals surface area contributed by atoms with Crippen molar-refractivity contribution in [1.29, 1.82) is 0 Å². The molecule has 1 fully saturated rings. The Labute approximate surface area is 113 Å². The number of nitrogens with zero attached hydrogens (tertiary/aromatic N) is 4. The summed E-state index contributed by atoms with van der Waals surface area (Å²) in [6.45, 7) is 5.11. The van der Waals surface area contributed by atoms with Crippen LogP contribution in [0.15, 0.2) is 18.6 Å². The van der Waals surface area contributed by atoms with E-state index in [0.29, 0.717) is 11.9 Å². The predicted molar refractivity (Wildman–Crippen MR) is 73.9 cm³/mol. The van der Waals surface area contributed by atoms with Crippen molar-refractivity contribution in [3.63, 3.8) is 0 Å². The maximum atomic E-state index is 12.0. The number of nitrogens with one attached hydrogen (secondary N) is 1. The van der Waals surface area contributed by atoms with Gasteiger partial charge in [0.2, 0.25) is 0 Å². The number of urea groups is 1. The molecule has 6 heteroatoms. The Kier molecular flexibility index (Phi) is 4.68. The molecule has 1 atom stereocenters. The fraction of sp³-hybridized carbons (Fsp3) is 0.615. The first-order valence-corrected chi connectivity index (χ1v) is 6.73. The third-order valence-corrected chi connectivity index (χ3v) is 3.55. The summed E-state index contributed by atoms with van der Waals surface area (Å²) in [5, 5.41) is 2.77. The molecule has 0 aliphatic carbocycles. The zero-order valence-corrected chi connectivity index (χ0v) is 11.5. The molecule has 6 nitrogen and oxygen atoms in total. The second-order valence-corrected chi connectivity index (χ2v) is 4.83. The van der Waals surface area contributed by atoms with E-state index in [0.717, 1.165) is 19.6 Å². The first-order chi connectivity index (χ1) is 9.20. The largest absolute Gasteiger partial charge is 0.326 e. The van der Waals surface area contributed by atoms with Crippen molar-refractivity contribution in [2.45, 2.75) is 25.8 Å². The lowest BCUT2D eigenvalue weighted by molar-refractivity contribution is 0.191. The van der Waals surface area contributed by atoms with Gasteiger partial charge in [0.15, 0.2) is 0 Å². The van der Waals surface area contributed by atoms with Crippen LogP contribution in [0.25, 0.3) is 0 Å². The lowest BCUT2D eigenvalue weighted by Gasteiger charge is -2.27. The van der Waals surface area contributed by atoms with E-state index in [9.17, 15) is 4.79 Å². The van der Waals surface area contributed by atoms with Crippen molar-refractivity contribution in [2.24, 2.45) is 0 Å². The number of hydrogen-bond acceptors (Lipinski definition) is 4. The van der Waals surface area contributed by atoms with Gasteiger partial charge in [0.25, 0.3) is 0 Å². The average molecular weight is 263 g/mol. The van der Waals surface area contributed by atoms with Crippen LogP contribution in [0.1, 0.15) is 19.8 Å². The fourth-order valence-electron chi connectivity index (χ4n) is 2.49. The summed E-state index contributed by atoms with van der Waals surface area (Å²) in [5.74, 6) is 0.533. The molecule has 0 bridgehead atoms. The molecule has 1 saturated heterocycles. The van der Waals surface area contributed by atoms with Crippen LogP contribution in [0, 0.1) is 0 Å². The molecule has 1 unspecified atom stereocenters. The van der Waals surface area contributed by atoms with Gasteiger partial charge < -0.3 is 4.90 Å². The molecule has 0 radical (unpaired) electrons. The van der Waals surface area contributed by atoms with Crippen LogP contribution in [0.2, 0.25) is 0 Å². The lowest BCUT2D eigenvalue weighted by Crippen LogP contribution is -2.42. The van der Waals surface area contributed by atoms with Gasteiger partial charge in [-0.2, -0.15) is 0 Å². The van der Waals surface area contributed by atoms with Gasteiger partial charge in [0, 0.05) is 25.8 Å². The summed E-state index contributed by atoms with van der Waals surface area (Å²) in [4.78, 5) is 24.0. The van der Waals surface area contributed by atoms with Gasteiger partial charge in [-0.3, -0.25) is 10.2 Å². The van der Waals surface area contributed by atoms with E-state index in [2.05, 4.69) is 27.1 Å². The first-order valence-electron chi connectivity index (χ1n) is 6.73. The van der Waals surface area contributed by atoms with Crippen LogP contribution in [0.4, 0.5) is 10.6 Å². The Balaban J connectivity index is 1.85. The summed E-state index contributed by atoms with van der Waals surface area (Å²) in [5.41, 5.74) is 0. The van der Waals surface area contributed by atoms with Gasteiger partial charge in [-0.25, -0.2) is 14.8 Å². The minimum absolute atomic E-state index is 0.123. The SMILES string of the molecule is CCN1CCCC1CN(C)C(=O)Nc1ccncn1. The number of carbonyl (C=O) groups excluding carboxylic acids is 1. The fourth-order valence-corrected chi connectivity index (χ4v) is 2.49. The van der Waals surface area contributed by atoms with Crippen LogP contribution in [-0.2, 0) is 0 Å². The molecular weight excluding hydrogens is 242 g/mol. The number of amides is 2. The average Bonchev–Trinajstić information content (AvgIpc) is 2.87. The Morgan fingerprint density at radius 2 is 2.47 bits per heavy atom. The summed E-state index contributed by atoms with van der Waals surface area (Å²) < 4.78 is 0. The summed E-state index contributed by atoms with van der Waals surface area (Å²) >= 11 is 0. The molecule has 0 spiro atoms. The highest BCUT2D eigenvalue weighted by molar-refractivity contribution is 5.87. The van der Waals surface area contributed by atoms with Crippen LogP contribution >= 0.6 is 0 Å². The molecule has 2 heterocycles. The van der Waals surface area contributed by atoms with Gasteiger partial charge in [0.05, 0.1) is 0 Å². The van der Waals surface area contributed by atoms with Crippen molar-refractivity contribution < 1.29 is 4.79 Å². The summed E-state index contributed by atoms with van der Waals surface area (Å²) in [6, 6.07) is 2.03. The number of rotatable bonds is 4. The van der Waals surface area contributed by atoms with Gasteiger partial charge in [-0.15, -0.1) is 0 Å². The van der Waals surface area contributed by atoms with Gasteiger partial charge in [-0.1, -0.05) is 6.92 Å². The molecule has 0 aromatic carbocycles. The smallest absolute Gasteiger partial charge is 0.322 e. The highest BCUT2D eigenvalue weighted by atomic mass is 16.2. The Hall–Kier alpha value is -1.69. The van der Waals surface area contributed by atoms with E-state index >= 15 is 0 Å². The third kappa shape index (κ3) is 3.64. The first kappa shape index (κ1) is 13.7. The predicted octanol–water partition coefficient (Wildman–Crippen LogP) is 1.42. The number of aromatic nitrogens is 2. The van der Waals surface area contributed by atoms with Crippen LogP contribution in [-0.4, -0.2) is 58.5 Å². The zero-order chi connectivity index (χ0) is 13.7. The van der Waals surface area contributed by atoms with Crippen LogP contribution in [0.3, 0.4) is 0 Å². The van der Waals surface area contributed by atoms with E-state index in [4.69, 9.17) is 0 Å². The molecule has 1 aromatic heterocycles. The Bertz CT molecular complexity index is 411. The topological polar surface area (TPSA) is 61.4 Å². The van der Waals surface area contributed by atoms with Gasteiger partial charge >= 0.3 is 6.03 Å². The molecule has 0 saturated carbocycles. The molecule has 19 heavy (non-hydrogen) atoms. The van der Waals surface area contributed by atoms with Crippen molar-refractivity contribution in [2.75, 3.05) is 32.0 Å². The van der Waals surface area contributed by atoms with Crippen molar-refractivity contribution in [3.05, 3.63) is 18.6 Å². The maximum absolute atomic E-state index is 12.0. The molecule has 1 aliphatic heterocycles.